The first-order valence-corrected chi connectivity index (χ1v) is 6.54. The number of likely N-dealkylation sites (tertiary alicyclic amines) is 1. The number of β-amino-alcohol motifs (C(OH)–C–C–N with tert-alkyl or cyclic N) is 1. The summed E-state index contributed by atoms with van der Waals surface area (Å²) in [5.74, 6) is -1.21. The summed E-state index contributed by atoms with van der Waals surface area (Å²) in [6.45, 7) is 0.929. The van der Waals surface area contributed by atoms with Crippen LogP contribution in [-0.4, -0.2) is 58.3 Å². The van der Waals surface area contributed by atoms with Crippen LogP contribution in [0.15, 0.2) is 0 Å². The Labute approximate surface area is 106 Å². The number of aliphatic hydroxyl groups excluding tert-OH is 1. The van der Waals surface area contributed by atoms with E-state index in [4.69, 9.17) is 5.11 Å². The first-order valence-electron chi connectivity index (χ1n) is 6.54. The quantitative estimate of drug-likeness (QED) is 0.623. The first-order chi connectivity index (χ1) is 8.59. The van der Waals surface area contributed by atoms with Gasteiger partial charge < -0.3 is 20.4 Å². The summed E-state index contributed by atoms with van der Waals surface area (Å²) >= 11 is 0. The zero-order chi connectivity index (χ0) is 13.1. The van der Waals surface area contributed by atoms with Crippen LogP contribution in [0.3, 0.4) is 0 Å². The highest BCUT2D eigenvalue weighted by Crippen LogP contribution is 2.21. The number of hydrogen-bond acceptors (Lipinski definition) is 4. The lowest BCUT2D eigenvalue weighted by atomic mass is 10.1. The lowest BCUT2D eigenvalue weighted by molar-refractivity contribution is -0.149. The van der Waals surface area contributed by atoms with E-state index < -0.39 is 18.1 Å². The summed E-state index contributed by atoms with van der Waals surface area (Å²) in [5.41, 5.74) is 0. The van der Waals surface area contributed by atoms with Crippen molar-refractivity contribution in [3.05, 3.63) is 0 Å². The van der Waals surface area contributed by atoms with Gasteiger partial charge in [0, 0.05) is 13.0 Å². The highest BCUT2D eigenvalue weighted by atomic mass is 16.4. The number of hydrogen-bond donors (Lipinski definition) is 3. The third kappa shape index (κ3) is 2.81. The van der Waals surface area contributed by atoms with E-state index in [0.29, 0.717) is 0 Å². The predicted octanol–water partition coefficient (Wildman–Crippen LogP) is -0.435. The van der Waals surface area contributed by atoms with Crippen molar-refractivity contribution in [1.29, 1.82) is 0 Å². The van der Waals surface area contributed by atoms with Crippen LogP contribution in [0.2, 0.25) is 0 Å². The molecule has 2 fully saturated rings. The van der Waals surface area contributed by atoms with Crippen LogP contribution >= 0.6 is 0 Å². The predicted molar refractivity (Wildman–Crippen MR) is 64.0 cm³/mol. The highest BCUT2D eigenvalue weighted by molar-refractivity contribution is 5.87. The van der Waals surface area contributed by atoms with Crippen molar-refractivity contribution >= 4 is 11.9 Å². The van der Waals surface area contributed by atoms with Gasteiger partial charge in [0.1, 0.15) is 6.04 Å². The number of carbonyl (C=O) groups is 2. The van der Waals surface area contributed by atoms with E-state index in [-0.39, 0.29) is 24.9 Å². The average molecular weight is 256 g/mol. The van der Waals surface area contributed by atoms with Gasteiger partial charge in [-0.05, 0) is 19.4 Å². The van der Waals surface area contributed by atoms with Crippen molar-refractivity contribution < 1.29 is 19.8 Å². The number of carboxylic acid groups (broad SMARTS) is 1. The number of aliphatic carboxylic acids is 1. The van der Waals surface area contributed by atoms with Crippen LogP contribution in [0.1, 0.15) is 32.1 Å². The molecule has 0 aromatic rings. The standard InChI is InChI=1S/C12H20N2O4/c15-8-6-10(12(17)18)14(7-8)11(16)9-4-2-1-3-5-13-9/h8-10,13,15H,1-7H2,(H,17,18)/t8?,9?,10-/m0/s1. The summed E-state index contributed by atoms with van der Waals surface area (Å²) in [4.78, 5) is 24.7. The average Bonchev–Trinajstić information content (AvgIpc) is 2.56. The molecule has 3 atom stereocenters. The Bertz CT molecular complexity index is 326. The van der Waals surface area contributed by atoms with Gasteiger partial charge in [-0.3, -0.25) is 4.79 Å². The summed E-state index contributed by atoms with van der Waals surface area (Å²) in [5, 5.41) is 21.8. The van der Waals surface area contributed by atoms with Crippen molar-refractivity contribution in [2.75, 3.05) is 13.1 Å². The van der Waals surface area contributed by atoms with E-state index in [0.717, 1.165) is 32.2 Å². The molecule has 0 bridgehead atoms. The minimum absolute atomic E-state index is 0.133. The molecule has 2 aliphatic heterocycles. The molecule has 0 saturated carbocycles. The zero-order valence-electron chi connectivity index (χ0n) is 10.3. The zero-order valence-corrected chi connectivity index (χ0v) is 10.3. The van der Waals surface area contributed by atoms with E-state index in [9.17, 15) is 14.7 Å². The molecule has 0 aromatic heterocycles. The molecular formula is C12H20N2O4. The van der Waals surface area contributed by atoms with Crippen molar-refractivity contribution in [3.63, 3.8) is 0 Å². The number of rotatable bonds is 2. The first kappa shape index (κ1) is 13.3. The van der Waals surface area contributed by atoms with Gasteiger partial charge in [-0.1, -0.05) is 12.8 Å². The van der Waals surface area contributed by atoms with Gasteiger partial charge in [-0.2, -0.15) is 0 Å². The summed E-state index contributed by atoms with van der Waals surface area (Å²) in [6.07, 6.45) is 3.29. The van der Waals surface area contributed by atoms with Gasteiger partial charge >= 0.3 is 5.97 Å². The minimum Gasteiger partial charge on any atom is -0.480 e. The monoisotopic (exact) mass is 256 g/mol. The van der Waals surface area contributed by atoms with Crippen LogP contribution in [0.4, 0.5) is 0 Å². The van der Waals surface area contributed by atoms with E-state index >= 15 is 0 Å². The summed E-state index contributed by atoms with van der Waals surface area (Å²) < 4.78 is 0. The van der Waals surface area contributed by atoms with E-state index in [1.165, 1.54) is 4.90 Å². The van der Waals surface area contributed by atoms with Gasteiger partial charge in [-0.25, -0.2) is 4.79 Å². The molecule has 2 rings (SSSR count). The summed E-state index contributed by atoms with van der Waals surface area (Å²) in [6, 6.07) is -1.17. The third-order valence-electron chi connectivity index (χ3n) is 3.71. The Balaban J connectivity index is 2.04. The van der Waals surface area contributed by atoms with Gasteiger partial charge in [0.25, 0.3) is 0 Å². The van der Waals surface area contributed by atoms with Crippen LogP contribution in [0.25, 0.3) is 0 Å². The second-order valence-electron chi connectivity index (χ2n) is 5.09. The Morgan fingerprint density at radius 2 is 2.00 bits per heavy atom. The number of nitrogens with zero attached hydrogens (tertiary/aromatic N) is 1. The topological polar surface area (TPSA) is 89.9 Å². The molecule has 6 heteroatoms. The molecule has 2 heterocycles. The largest absolute Gasteiger partial charge is 0.480 e. The SMILES string of the molecule is O=C(O)[C@@H]1CC(O)CN1C(=O)C1CCCCCN1. The number of nitrogens with one attached hydrogen (secondary N) is 1. The van der Waals surface area contributed by atoms with Crippen LogP contribution in [-0.2, 0) is 9.59 Å². The molecule has 102 valence electrons. The third-order valence-corrected chi connectivity index (χ3v) is 3.71. The van der Waals surface area contributed by atoms with Crippen LogP contribution in [0, 0.1) is 0 Å². The second kappa shape index (κ2) is 5.67. The fourth-order valence-electron chi connectivity index (χ4n) is 2.73. The second-order valence-corrected chi connectivity index (χ2v) is 5.09. The molecule has 1 amide bonds. The van der Waals surface area contributed by atoms with Gasteiger partial charge in [-0.15, -0.1) is 0 Å². The molecule has 18 heavy (non-hydrogen) atoms. The molecule has 0 aromatic carbocycles. The van der Waals surface area contributed by atoms with E-state index in [1.54, 1.807) is 0 Å². The van der Waals surface area contributed by atoms with Gasteiger partial charge in [0.05, 0.1) is 12.1 Å². The number of aliphatic hydroxyl groups is 1. The van der Waals surface area contributed by atoms with Crippen LogP contribution < -0.4 is 5.32 Å². The van der Waals surface area contributed by atoms with Crippen molar-refractivity contribution in [3.8, 4) is 0 Å². The number of carbonyl (C=O) groups excluding carboxylic acids is 1. The molecule has 0 aliphatic carbocycles. The molecule has 0 spiro atoms. The smallest absolute Gasteiger partial charge is 0.326 e. The lowest BCUT2D eigenvalue weighted by Crippen LogP contribution is -2.50. The Hall–Kier alpha value is -1.14. The molecule has 0 radical (unpaired) electrons. The Kier molecular flexibility index (Phi) is 4.19. The maximum Gasteiger partial charge on any atom is 0.326 e. The van der Waals surface area contributed by atoms with Gasteiger partial charge in [0.2, 0.25) is 5.91 Å². The highest BCUT2D eigenvalue weighted by Gasteiger charge is 2.41. The maximum absolute atomic E-state index is 12.3. The maximum atomic E-state index is 12.3. The van der Waals surface area contributed by atoms with Crippen LogP contribution in [0.5, 0.6) is 0 Å². The molecule has 2 saturated heterocycles. The number of amides is 1. The Morgan fingerprint density at radius 1 is 1.22 bits per heavy atom. The summed E-state index contributed by atoms with van der Waals surface area (Å²) in [7, 11) is 0. The van der Waals surface area contributed by atoms with Crippen molar-refractivity contribution in [2.24, 2.45) is 0 Å². The normalized spacial score (nSPS) is 33.2. The van der Waals surface area contributed by atoms with Crippen molar-refractivity contribution in [2.45, 2.75) is 50.3 Å². The number of carboxylic acids is 1. The molecule has 6 nitrogen and oxygen atoms in total. The molecule has 3 N–H and O–H groups in total. The van der Waals surface area contributed by atoms with E-state index in [1.807, 2.05) is 0 Å². The molecular weight excluding hydrogens is 236 g/mol. The fraction of sp³-hybridized carbons (Fsp3) is 0.833. The molecule has 2 aliphatic rings. The Morgan fingerprint density at radius 3 is 2.72 bits per heavy atom. The lowest BCUT2D eigenvalue weighted by Gasteiger charge is -2.26. The van der Waals surface area contributed by atoms with Crippen molar-refractivity contribution in [1.82, 2.24) is 10.2 Å². The van der Waals surface area contributed by atoms with E-state index in [2.05, 4.69) is 5.32 Å². The minimum atomic E-state index is -1.03. The fourth-order valence-corrected chi connectivity index (χ4v) is 2.73. The van der Waals surface area contributed by atoms with Gasteiger partial charge in [0.15, 0.2) is 0 Å². The molecule has 2 unspecified atom stereocenters.